The molecule has 2 rings (SSSR count). The summed E-state index contributed by atoms with van der Waals surface area (Å²) in [5.74, 6) is 1.28. The first-order chi connectivity index (χ1) is 9.69. The molecule has 0 fully saturated rings. The maximum Gasteiger partial charge on any atom is 0.253 e. The van der Waals surface area contributed by atoms with E-state index in [0.29, 0.717) is 17.9 Å². The SMILES string of the molecule is Cc1cc(-n2c(C)cc(C(=O)NCC(C)(C)N)c2C)no1. The lowest BCUT2D eigenvalue weighted by molar-refractivity contribution is 0.0945. The Labute approximate surface area is 124 Å². The lowest BCUT2D eigenvalue weighted by Crippen LogP contribution is -2.45. The van der Waals surface area contributed by atoms with Crippen LogP contribution in [0.4, 0.5) is 0 Å². The third-order valence-electron chi connectivity index (χ3n) is 3.22. The first-order valence-electron chi connectivity index (χ1n) is 6.89. The number of aromatic nitrogens is 2. The number of carbonyl (C=O) groups excluding carboxylic acids is 1. The minimum atomic E-state index is -0.440. The van der Waals surface area contributed by atoms with Crippen molar-refractivity contribution in [2.45, 2.75) is 40.2 Å². The highest BCUT2D eigenvalue weighted by Crippen LogP contribution is 2.20. The first kappa shape index (κ1) is 15.3. The van der Waals surface area contributed by atoms with E-state index in [2.05, 4.69) is 10.5 Å². The van der Waals surface area contributed by atoms with Crippen LogP contribution in [0.2, 0.25) is 0 Å². The molecule has 0 aliphatic heterocycles. The fraction of sp³-hybridized carbons (Fsp3) is 0.467. The molecule has 114 valence electrons. The Balaban J connectivity index is 2.29. The number of rotatable bonds is 4. The van der Waals surface area contributed by atoms with Crippen molar-refractivity contribution < 1.29 is 9.32 Å². The molecule has 6 nitrogen and oxygen atoms in total. The highest BCUT2D eigenvalue weighted by atomic mass is 16.5. The summed E-state index contributed by atoms with van der Waals surface area (Å²) in [6.07, 6.45) is 0. The van der Waals surface area contributed by atoms with E-state index >= 15 is 0 Å². The van der Waals surface area contributed by atoms with Crippen LogP contribution in [0.15, 0.2) is 16.7 Å². The molecule has 0 saturated carbocycles. The number of amides is 1. The zero-order valence-electron chi connectivity index (χ0n) is 13.2. The van der Waals surface area contributed by atoms with Gasteiger partial charge < -0.3 is 15.6 Å². The minimum Gasteiger partial charge on any atom is -0.360 e. The van der Waals surface area contributed by atoms with E-state index in [0.717, 1.165) is 17.1 Å². The average Bonchev–Trinajstić information content (AvgIpc) is 2.89. The predicted octanol–water partition coefficient (Wildman–Crippen LogP) is 1.86. The maximum atomic E-state index is 12.3. The minimum absolute atomic E-state index is 0.131. The third kappa shape index (κ3) is 3.33. The fourth-order valence-corrected chi connectivity index (χ4v) is 2.21. The molecule has 0 saturated heterocycles. The molecule has 0 aliphatic carbocycles. The van der Waals surface area contributed by atoms with Crippen LogP contribution in [0.3, 0.4) is 0 Å². The molecule has 0 unspecified atom stereocenters. The standard InChI is InChI=1S/C15H22N4O2/c1-9-6-12(14(20)17-8-15(4,5)16)11(3)19(9)13-7-10(2)21-18-13/h6-7H,8,16H2,1-5H3,(H,17,20). The summed E-state index contributed by atoms with van der Waals surface area (Å²) in [4.78, 5) is 12.3. The van der Waals surface area contributed by atoms with Gasteiger partial charge in [-0.25, -0.2) is 0 Å². The molecule has 6 heteroatoms. The van der Waals surface area contributed by atoms with Gasteiger partial charge in [-0.05, 0) is 40.7 Å². The van der Waals surface area contributed by atoms with Gasteiger partial charge in [-0.1, -0.05) is 5.16 Å². The Morgan fingerprint density at radius 2 is 2.05 bits per heavy atom. The van der Waals surface area contributed by atoms with Gasteiger partial charge in [0.1, 0.15) is 5.76 Å². The summed E-state index contributed by atoms with van der Waals surface area (Å²) in [6, 6.07) is 3.68. The summed E-state index contributed by atoms with van der Waals surface area (Å²) in [6.45, 7) is 9.81. The summed E-state index contributed by atoms with van der Waals surface area (Å²) in [5.41, 5.74) is 7.82. The summed E-state index contributed by atoms with van der Waals surface area (Å²) < 4.78 is 7.00. The molecule has 3 N–H and O–H groups in total. The molecule has 21 heavy (non-hydrogen) atoms. The Hall–Kier alpha value is -2.08. The van der Waals surface area contributed by atoms with Crippen molar-refractivity contribution in [3.63, 3.8) is 0 Å². The number of aryl methyl sites for hydroxylation is 2. The van der Waals surface area contributed by atoms with E-state index in [4.69, 9.17) is 10.3 Å². The highest BCUT2D eigenvalue weighted by Gasteiger charge is 2.20. The van der Waals surface area contributed by atoms with E-state index in [-0.39, 0.29) is 5.91 Å². The van der Waals surface area contributed by atoms with Gasteiger partial charge >= 0.3 is 0 Å². The van der Waals surface area contributed by atoms with E-state index in [1.54, 1.807) is 0 Å². The van der Waals surface area contributed by atoms with Gasteiger partial charge in [0.25, 0.3) is 5.91 Å². The Morgan fingerprint density at radius 1 is 1.38 bits per heavy atom. The lowest BCUT2D eigenvalue weighted by Gasteiger charge is -2.18. The van der Waals surface area contributed by atoms with Gasteiger partial charge in [-0.2, -0.15) is 0 Å². The van der Waals surface area contributed by atoms with E-state index in [1.165, 1.54) is 0 Å². The van der Waals surface area contributed by atoms with Crippen LogP contribution < -0.4 is 11.1 Å². The van der Waals surface area contributed by atoms with Crippen molar-refractivity contribution in [1.29, 1.82) is 0 Å². The quantitative estimate of drug-likeness (QED) is 0.900. The summed E-state index contributed by atoms with van der Waals surface area (Å²) in [7, 11) is 0. The fourth-order valence-electron chi connectivity index (χ4n) is 2.21. The Bertz CT molecular complexity index is 662. The second-order valence-electron chi connectivity index (χ2n) is 6.09. The van der Waals surface area contributed by atoms with Gasteiger partial charge in [-0.15, -0.1) is 0 Å². The van der Waals surface area contributed by atoms with Crippen LogP contribution in [-0.4, -0.2) is 27.7 Å². The number of nitrogens with zero attached hydrogens (tertiary/aromatic N) is 2. The summed E-state index contributed by atoms with van der Waals surface area (Å²) >= 11 is 0. The van der Waals surface area contributed by atoms with Crippen molar-refractivity contribution in [3.05, 3.63) is 34.8 Å². The number of nitrogens with one attached hydrogen (secondary N) is 1. The van der Waals surface area contributed by atoms with Crippen molar-refractivity contribution in [3.8, 4) is 5.82 Å². The van der Waals surface area contributed by atoms with Crippen molar-refractivity contribution in [2.75, 3.05) is 6.54 Å². The topological polar surface area (TPSA) is 86.1 Å². The van der Waals surface area contributed by atoms with Crippen LogP contribution in [-0.2, 0) is 0 Å². The molecule has 2 heterocycles. The van der Waals surface area contributed by atoms with Gasteiger partial charge in [0.15, 0.2) is 5.82 Å². The third-order valence-corrected chi connectivity index (χ3v) is 3.22. The largest absolute Gasteiger partial charge is 0.360 e. The first-order valence-corrected chi connectivity index (χ1v) is 6.89. The second kappa shape index (κ2) is 5.37. The van der Waals surface area contributed by atoms with Crippen LogP contribution in [0.25, 0.3) is 5.82 Å². The molecule has 0 aliphatic rings. The zero-order chi connectivity index (χ0) is 15.8. The smallest absolute Gasteiger partial charge is 0.253 e. The van der Waals surface area contributed by atoms with Gasteiger partial charge in [0.05, 0.1) is 5.56 Å². The molecular formula is C15H22N4O2. The zero-order valence-corrected chi connectivity index (χ0v) is 13.2. The highest BCUT2D eigenvalue weighted by molar-refractivity contribution is 5.95. The molecule has 1 amide bonds. The summed E-state index contributed by atoms with van der Waals surface area (Å²) in [5, 5.41) is 6.86. The molecule has 0 spiro atoms. The van der Waals surface area contributed by atoms with Crippen LogP contribution in [0, 0.1) is 20.8 Å². The van der Waals surface area contributed by atoms with E-state index < -0.39 is 5.54 Å². The average molecular weight is 290 g/mol. The molecule has 0 aromatic carbocycles. The van der Waals surface area contributed by atoms with Crippen LogP contribution >= 0.6 is 0 Å². The number of carbonyl (C=O) groups is 1. The van der Waals surface area contributed by atoms with Gasteiger partial charge in [0.2, 0.25) is 0 Å². The number of nitrogens with two attached hydrogens (primary N) is 1. The molecule has 0 atom stereocenters. The molecule has 2 aromatic rings. The van der Waals surface area contributed by atoms with Crippen LogP contribution in [0.1, 0.15) is 41.4 Å². The molecule has 0 bridgehead atoms. The Kier molecular flexibility index (Phi) is 3.91. The molecule has 2 aromatic heterocycles. The molecular weight excluding hydrogens is 268 g/mol. The number of hydrogen-bond acceptors (Lipinski definition) is 4. The lowest BCUT2D eigenvalue weighted by atomic mass is 10.1. The maximum absolute atomic E-state index is 12.3. The van der Waals surface area contributed by atoms with Crippen LogP contribution in [0.5, 0.6) is 0 Å². The van der Waals surface area contributed by atoms with E-state index in [1.807, 2.05) is 51.3 Å². The Morgan fingerprint density at radius 3 is 2.57 bits per heavy atom. The normalized spacial score (nSPS) is 11.7. The second-order valence-corrected chi connectivity index (χ2v) is 6.09. The van der Waals surface area contributed by atoms with Crippen molar-refractivity contribution in [1.82, 2.24) is 15.0 Å². The number of hydrogen-bond donors (Lipinski definition) is 2. The van der Waals surface area contributed by atoms with Gasteiger partial charge in [0, 0.05) is 29.5 Å². The van der Waals surface area contributed by atoms with Gasteiger partial charge in [-0.3, -0.25) is 9.36 Å². The van der Waals surface area contributed by atoms with Crippen molar-refractivity contribution in [2.24, 2.45) is 5.73 Å². The van der Waals surface area contributed by atoms with Crippen molar-refractivity contribution >= 4 is 5.91 Å². The van der Waals surface area contributed by atoms with E-state index in [9.17, 15) is 4.79 Å². The predicted molar refractivity (Wildman–Crippen MR) is 80.6 cm³/mol. The molecule has 0 radical (unpaired) electrons. The monoisotopic (exact) mass is 290 g/mol.